The van der Waals surface area contributed by atoms with Crippen LogP contribution in [0.15, 0.2) is 24.3 Å². The highest BCUT2D eigenvalue weighted by Gasteiger charge is 2.09. The molecule has 2 rings (SSSR count). The molecule has 0 unspecified atom stereocenters. The van der Waals surface area contributed by atoms with Crippen molar-refractivity contribution in [2.75, 3.05) is 0 Å². The second-order valence-electron chi connectivity index (χ2n) is 2.47. The lowest BCUT2D eigenvalue weighted by Gasteiger charge is -1.80. The van der Waals surface area contributed by atoms with Crippen molar-refractivity contribution in [3.63, 3.8) is 0 Å². The first-order valence-corrected chi connectivity index (χ1v) is 4.48. The van der Waals surface area contributed by atoms with Crippen LogP contribution < -0.4 is 0 Å². The summed E-state index contributed by atoms with van der Waals surface area (Å²) in [7, 11) is 0. The second-order valence-corrected chi connectivity index (χ2v) is 3.50. The first-order valence-electron chi connectivity index (χ1n) is 3.66. The van der Waals surface area contributed by atoms with Gasteiger partial charge >= 0.3 is 0 Å². The van der Waals surface area contributed by atoms with Crippen molar-refractivity contribution in [3.05, 3.63) is 29.3 Å². The van der Waals surface area contributed by atoms with Gasteiger partial charge in [-0.05, 0) is 12.1 Å². The van der Waals surface area contributed by atoms with Gasteiger partial charge < -0.3 is 0 Å². The Kier molecular flexibility index (Phi) is 1.90. The summed E-state index contributed by atoms with van der Waals surface area (Å²) in [5.41, 5.74) is 0.762. The average Bonchev–Trinajstić information content (AvgIpc) is 2.59. The summed E-state index contributed by atoms with van der Waals surface area (Å²) >= 11 is 1.24. The maximum atomic E-state index is 11.0. The molecule has 4 heteroatoms. The molecule has 1 heterocycles. The SMILES string of the molecule is O=CC(=O)c1nc2ccccc2s1. The van der Waals surface area contributed by atoms with Crippen molar-refractivity contribution in [2.24, 2.45) is 0 Å². The number of ketones is 1. The quantitative estimate of drug-likeness (QED) is 0.412. The zero-order valence-electron chi connectivity index (χ0n) is 6.56. The Morgan fingerprint density at radius 3 is 2.85 bits per heavy atom. The molecule has 0 fully saturated rings. The molecule has 0 aliphatic heterocycles. The third-order valence-corrected chi connectivity index (χ3v) is 2.66. The molecule has 0 bridgehead atoms. The third kappa shape index (κ3) is 1.36. The molecule has 0 spiro atoms. The van der Waals surface area contributed by atoms with E-state index < -0.39 is 5.78 Å². The number of nitrogens with zero attached hydrogens (tertiary/aromatic N) is 1. The molecular weight excluding hydrogens is 186 g/mol. The number of benzene rings is 1. The summed E-state index contributed by atoms with van der Waals surface area (Å²) < 4.78 is 0.924. The van der Waals surface area contributed by atoms with Crippen LogP contribution in [-0.2, 0) is 4.79 Å². The summed E-state index contributed by atoms with van der Waals surface area (Å²) in [5.74, 6) is -0.554. The molecule has 1 aromatic carbocycles. The Balaban J connectivity index is 2.62. The molecule has 3 nitrogen and oxygen atoms in total. The number of hydrogen-bond acceptors (Lipinski definition) is 4. The third-order valence-electron chi connectivity index (χ3n) is 1.61. The topological polar surface area (TPSA) is 47.0 Å². The van der Waals surface area contributed by atoms with Crippen molar-refractivity contribution in [1.29, 1.82) is 0 Å². The van der Waals surface area contributed by atoms with Crippen LogP contribution in [-0.4, -0.2) is 17.1 Å². The van der Waals surface area contributed by atoms with Gasteiger partial charge in [0.25, 0.3) is 5.78 Å². The van der Waals surface area contributed by atoms with Crippen molar-refractivity contribution < 1.29 is 9.59 Å². The number of thiazole rings is 1. The summed E-state index contributed by atoms with van der Waals surface area (Å²) in [6, 6.07) is 7.40. The number of Topliss-reactive ketones (excluding diaryl/α,β-unsaturated/α-hetero) is 1. The lowest BCUT2D eigenvalue weighted by molar-refractivity contribution is -0.104. The molecule has 1 aromatic heterocycles. The van der Waals surface area contributed by atoms with Crippen molar-refractivity contribution in [2.45, 2.75) is 0 Å². The Hall–Kier alpha value is -1.55. The number of carbonyl (C=O) groups is 2. The van der Waals surface area contributed by atoms with E-state index in [1.807, 2.05) is 24.3 Å². The van der Waals surface area contributed by atoms with E-state index in [9.17, 15) is 9.59 Å². The van der Waals surface area contributed by atoms with Crippen LogP contribution in [0.5, 0.6) is 0 Å². The van der Waals surface area contributed by atoms with E-state index in [1.165, 1.54) is 11.3 Å². The van der Waals surface area contributed by atoms with Crippen LogP contribution in [0.3, 0.4) is 0 Å². The first kappa shape index (κ1) is 8.07. The van der Waals surface area contributed by atoms with Crippen molar-refractivity contribution in [1.82, 2.24) is 4.98 Å². The van der Waals surface area contributed by atoms with Gasteiger partial charge in [-0.3, -0.25) is 9.59 Å². The maximum Gasteiger partial charge on any atom is 0.253 e. The van der Waals surface area contributed by atoms with Gasteiger partial charge in [0.15, 0.2) is 11.3 Å². The molecule has 0 aliphatic rings. The molecule has 0 N–H and O–H groups in total. The summed E-state index contributed by atoms with van der Waals surface area (Å²) in [5, 5.41) is 0.260. The summed E-state index contributed by atoms with van der Waals surface area (Å²) in [4.78, 5) is 25.2. The molecule has 0 aliphatic carbocycles. The Labute approximate surface area is 78.0 Å². The molecule has 2 aromatic rings. The highest BCUT2D eigenvalue weighted by atomic mass is 32.1. The van der Waals surface area contributed by atoms with Gasteiger partial charge in [-0.25, -0.2) is 4.98 Å². The van der Waals surface area contributed by atoms with Crippen LogP contribution >= 0.6 is 11.3 Å². The smallest absolute Gasteiger partial charge is 0.253 e. The number of rotatable bonds is 2. The van der Waals surface area contributed by atoms with Gasteiger partial charge in [-0.15, -0.1) is 11.3 Å². The van der Waals surface area contributed by atoms with Crippen LogP contribution in [0.2, 0.25) is 0 Å². The fourth-order valence-electron chi connectivity index (χ4n) is 1.03. The van der Waals surface area contributed by atoms with E-state index >= 15 is 0 Å². The normalized spacial score (nSPS) is 10.2. The monoisotopic (exact) mass is 191 g/mol. The lowest BCUT2D eigenvalue weighted by atomic mass is 10.3. The summed E-state index contributed by atoms with van der Waals surface area (Å²) in [6.07, 6.45) is 0.289. The van der Waals surface area contributed by atoms with E-state index in [4.69, 9.17) is 0 Å². The number of carbonyl (C=O) groups excluding carboxylic acids is 2. The van der Waals surface area contributed by atoms with E-state index in [2.05, 4.69) is 4.98 Å². The van der Waals surface area contributed by atoms with E-state index in [0.29, 0.717) is 0 Å². The highest BCUT2D eigenvalue weighted by molar-refractivity contribution is 7.20. The van der Waals surface area contributed by atoms with Crippen molar-refractivity contribution in [3.8, 4) is 0 Å². The molecule has 0 saturated heterocycles. The zero-order chi connectivity index (χ0) is 9.26. The van der Waals surface area contributed by atoms with Crippen LogP contribution in [0.4, 0.5) is 0 Å². The predicted octanol–water partition coefficient (Wildman–Crippen LogP) is 1.68. The average molecular weight is 191 g/mol. The van der Waals surface area contributed by atoms with E-state index in [0.717, 1.165) is 10.2 Å². The van der Waals surface area contributed by atoms with E-state index in [-0.39, 0.29) is 11.3 Å². The van der Waals surface area contributed by atoms with Gasteiger partial charge in [-0.1, -0.05) is 12.1 Å². The number of para-hydroxylation sites is 1. The minimum absolute atomic E-state index is 0.260. The molecule has 0 atom stereocenters. The zero-order valence-corrected chi connectivity index (χ0v) is 7.38. The molecule has 0 saturated carbocycles. The van der Waals surface area contributed by atoms with Crippen LogP contribution in [0, 0.1) is 0 Å². The number of hydrogen-bond donors (Lipinski definition) is 0. The second kappa shape index (κ2) is 3.06. The minimum atomic E-state index is -0.554. The van der Waals surface area contributed by atoms with Crippen molar-refractivity contribution >= 4 is 33.6 Å². The fourth-order valence-corrected chi connectivity index (χ4v) is 1.89. The molecule has 64 valence electrons. The molecular formula is C9H5NO2S. The number of aldehydes is 1. The van der Waals surface area contributed by atoms with Gasteiger partial charge in [-0.2, -0.15) is 0 Å². The van der Waals surface area contributed by atoms with Gasteiger partial charge in [0.2, 0.25) is 0 Å². The fraction of sp³-hybridized carbons (Fsp3) is 0. The highest BCUT2D eigenvalue weighted by Crippen LogP contribution is 2.21. The Morgan fingerprint density at radius 2 is 2.15 bits per heavy atom. The van der Waals surface area contributed by atoms with E-state index in [1.54, 1.807) is 0 Å². The maximum absolute atomic E-state index is 11.0. The number of fused-ring (bicyclic) bond motifs is 1. The molecule has 0 amide bonds. The molecule has 13 heavy (non-hydrogen) atoms. The Bertz CT molecular complexity index is 442. The minimum Gasteiger partial charge on any atom is -0.294 e. The van der Waals surface area contributed by atoms with Crippen LogP contribution in [0.1, 0.15) is 9.80 Å². The first-order chi connectivity index (χ1) is 6.31. The van der Waals surface area contributed by atoms with Crippen LogP contribution in [0.25, 0.3) is 10.2 Å². The van der Waals surface area contributed by atoms with Gasteiger partial charge in [0.1, 0.15) is 0 Å². The van der Waals surface area contributed by atoms with Gasteiger partial charge in [0.05, 0.1) is 10.2 Å². The standard InChI is InChI=1S/C9H5NO2S/c11-5-7(12)9-10-6-3-1-2-4-8(6)13-9/h1-5H. The van der Waals surface area contributed by atoms with Gasteiger partial charge in [0, 0.05) is 0 Å². The largest absolute Gasteiger partial charge is 0.294 e. The predicted molar refractivity (Wildman–Crippen MR) is 50.0 cm³/mol. The Morgan fingerprint density at radius 1 is 1.38 bits per heavy atom. The summed E-state index contributed by atoms with van der Waals surface area (Å²) in [6.45, 7) is 0. The lowest BCUT2D eigenvalue weighted by Crippen LogP contribution is -1.97. The molecule has 0 radical (unpaired) electrons. The number of aromatic nitrogens is 1.